The van der Waals surface area contributed by atoms with E-state index in [4.69, 9.17) is 0 Å². The number of hydrogen-bond acceptors (Lipinski definition) is 2. The average molecular weight is 307 g/mol. The van der Waals surface area contributed by atoms with Crippen LogP contribution in [-0.4, -0.2) is 7.05 Å². The largest absolute Gasteiger partial charge is 0.312 e. The van der Waals surface area contributed by atoms with E-state index in [-0.39, 0.29) is 17.5 Å². The molecule has 1 aromatic carbocycles. The first-order valence-corrected chi connectivity index (χ1v) is 8.19. The molecule has 4 heteroatoms. The highest BCUT2D eigenvalue weighted by molar-refractivity contribution is 7.10. The van der Waals surface area contributed by atoms with Crippen molar-refractivity contribution in [1.82, 2.24) is 5.32 Å². The molecule has 0 aliphatic heterocycles. The first-order chi connectivity index (χ1) is 10.1. The maximum absolute atomic E-state index is 14.5. The topological polar surface area (TPSA) is 12.0 Å². The van der Waals surface area contributed by atoms with Crippen LogP contribution in [0, 0.1) is 18.6 Å². The number of benzene rings is 1. The summed E-state index contributed by atoms with van der Waals surface area (Å²) in [7, 11) is 1.78. The highest BCUT2D eigenvalue weighted by Crippen LogP contribution is 2.43. The van der Waals surface area contributed by atoms with Crippen LogP contribution in [0.25, 0.3) is 0 Å². The Morgan fingerprint density at radius 3 is 2.86 bits per heavy atom. The molecule has 2 aromatic rings. The Morgan fingerprint density at radius 2 is 2.10 bits per heavy atom. The van der Waals surface area contributed by atoms with Crippen molar-refractivity contribution in [1.29, 1.82) is 0 Å². The van der Waals surface area contributed by atoms with Gasteiger partial charge >= 0.3 is 0 Å². The standard InChI is InChI=1S/C17H19F2NS/c1-10-6-7-13(18)15(16(10)19)17(20-2)12-4-3-5-14-11(12)8-9-21-14/h6-9,12,17,20H,3-5H2,1-2H3. The maximum Gasteiger partial charge on any atom is 0.133 e. The van der Waals surface area contributed by atoms with E-state index in [0.29, 0.717) is 5.56 Å². The lowest BCUT2D eigenvalue weighted by Gasteiger charge is -2.31. The second-order valence-electron chi connectivity index (χ2n) is 5.66. The van der Waals surface area contributed by atoms with E-state index in [0.717, 1.165) is 19.3 Å². The van der Waals surface area contributed by atoms with Gasteiger partial charge in [-0.2, -0.15) is 0 Å². The van der Waals surface area contributed by atoms with Crippen LogP contribution in [0.1, 0.15) is 46.4 Å². The van der Waals surface area contributed by atoms with Gasteiger partial charge in [0.2, 0.25) is 0 Å². The monoisotopic (exact) mass is 307 g/mol. The Kier molecular flexibility index (Phi) is 4.09. The van der Waals surface area contributed by atoms with Gasteiger partial charge in [0.05, 0.1) is 0 Å². The summed E-state index contributed by atoms with van der Waals surface area (Å²) in [4.78, 5) is 1.36. The lowest BCUT2D eigenvalue weighted by molar-refractivity contribution is 0.396. The quantitative estimate of drug-likeness (QED) is 0.865. The number of fused-ring (bicyclic) bond motifs is 1. The van der Waals surface area contributed by atoms with Crippen LogP contribution in [-0.2, 0) is 6.42 Å². The van der Waals surface area contributed by atoms with Gasteiger partial charge in [-0.05, 0) is 61.9 Å². The Balaban J connectivity index is 2.07. The molecule has 1 nitrogen and oxygen atoms in total. The number of halogens is 2. The molecule has 21 heavy (non-hydrogen) atoms. The highest BCUT2D eigenvalue weighted by atomic mass is 32.1. The van der Waals surface area contributed by atoms with Crippen molar-refractivity contribution >= 4 is 11.3 Å². The summed E-state index contributed by atoms with van der Waals surface area (Å²) < 4.78 is 28.7. The molecule has 3 rings (SSSR count). The molecule has 2 atom stereocenters. The predicted octanol–water partition coefficient (Wildman–Crippen LogP) is 4.72. The molecule has 112 valence electrons. The third-order valence-electron chi connectivity index (χ3n) is 4.44. The third-order valence-corrected chi connectivity index (χ3v) is 5.44. The molecular formula is C17H19F2NS. The van der Waals surface area contributed by atoms with Crippen LogP contribution in [0.5, 0.6) is 0 Å². The summed E-state index contributed by atoms with van der Waals surface area (Å²) in [6, 6.07) is 4.66. The first-order valence-electron chi connectivity index (χ1n) is 7.31. The molecule has 2 unspecified atom stereocenters. The molecule has 0 spiro atoms. The Labute approximate surface area is 128 Å². The van der Waals surface area contributed by atoms with Gasteiger partial charge < -0.3 is 5.32 Å². The van der Waals surface area contributed by atoms with E-state index in [1.165, 1.54) is 22.6 Å². The van der Waals surface area contributed by atoms with Gasteiger partial charge in [0.25, 0.3) is 0 Å². The van der Waals surface area contributed by atoms with Gasteiger partial charge in [-0.3, -0.25) is 0 Å². The zero-order valence-electron chi connectivity index (χ0n) is 12.2. The fourth-order valence-corrected chi connectivity index (χ4v) is 4.38. The Hall–Kier alpha value is -1.26. The summed E-state index contributed by atoms with van der Waals surface area (Å²) in [6.45, 7) is 1.68. The molecule has 1 aromatic heterocycles. The molecule has 1 heterocycles. The molecule has 1 N–H and O–H groups in total. The highest BCUT2D eigenvalue weighted by Gasteiger charge is 2.32. The molecule has 0 bridgehead atoms. The van der Waals surface area contributed by atoms with Crippen molar-refractivity contribution in [2.45, 2.75) is 38.1 Å². The van der Waals surface area contributed by atoms with Gasteiger partial charge in [0.15, 0.2) is 0 Å². The van der Waals surface area contributed by atoms with Gasteiger partial charge in [0.1, 0.15) is 11.6 Å². The van der Waals surface area contributed by atoms with Crippen molar-refractivity contribution < 1.29 is 8.78 Å². The molecule has 0 fully saturated rings. The van der Waals surface area contributed by atoms with E-state index >= 15 is 0 Å². The molecule has 0 saturated carbocycles. The van der Waals surface area contributed by atoms with Crippen LogP contribution >= 0.6 is 11.3 Å². The molecule has 1 aliphatic rings. The van der Waals surface area contributed by atoms with Gasteiger partial charge in [0, 0.05) is 22.4 Å². The van der Waals surface area contributed by atoms with E-state index in [2.05, 4.69) is 16.8 Å². The SMILES string of the molecule is CNC(c1c(F)ccc(C)c1F)C1CCCc2sccc21. The van der Waals surface area contributed by atoms with Crippen LogP contribution < -0.4 is 5.32 Å². The lowest BCUT2D eigenvalue weighted by Crippen LogP contribution is -2.28. The minimum absolute atomic E-state index is 0.135. The summed E-state index contributed by atoms with van der Waals surface area (Å²) in [5.41, 5.74) is 1.93. The van der Waals surface area contributed by atoms with Crippen LogP contribution in [0.2, 0.25) is 0 Å². The minimum Gasteiger partial charge on any atom is -0.312 e. The third kappa shape index (κ3) is 2.51. The summed E-state index contributed by atoms with van der Waals surface area (Å²) in [5, 5.41) is 5.23. The van der Waals surface area contributed by atoms with Gasteiger partial charge in [-0.15, -0.1) is 11.3 Å². The molecular weight excluding hydrogens is 288 g/mol. The fourth-order valence-electron chi connectivity index (χ4n) is 3.38. The lowest BCUT2D eigenvalue weighted by atomic mass is 9.79. The number of aryl methyl sites for hydroxylation is 2. The number of likely N-dealkylation sites (N-methyl/N-ethyl adjacent to an activating group) is 1. The van der Waals surface area contributed by atoms with E-state index in [1.807, 2.05) is 0 Å². The number of thiophene rings is 1. The van der Waals surface area contributed by atoms with Crippen molar-refractivity contribution in [3.63, 3.8) is 0 Å². The second-order valence-corrected chi connectivity index (χ2v) is 6.66. The van der Waals surface area contributed by atoms with Crippen LogP contribution in [0.15, 0.2) is 23.6 Å². The van der Waals surface area contributed by atoms with Crippen molar-refractivity contribution in [2.24, 2.45) is 0 Å². The smallest absolute Gasteiger partial charge is 0.133 e. The van der Waals surface area contributed by atoms with Crippen molar-refractivity contribution in [2.75, 3.05) is 7.05 Å². The van der Waals surface area contributed by atoms with Crippen LogP contribution in [0.3, 0.4) is 0 Å². The first kappa shape index (κ1) is 14.7. The maximum atomic E-state index is 14.5. The average Bonchev–Trinajstić information content (AvgIpc) is 2.96. The van der Waals surface area contributed by atoms with Crippen molar-refractivity contribution in [3.05, 3.63) is 56.8 Å². The molecule has 0 saturated heterocycles. The Bertz CT molecular complexity index is 650. The number of hydrogen-bond donors (Lipinski definition) is 1. The summed E-state index contributed by atoms with van der Waals surface area (Å²) in [5.74, 6) is -0.743. The van der Waals surface area contributed by atoms with Crippen LogP contribution in [0.4, 0.5) is 8.78 Å². The van der Waals surface area contributed by atoms with Gasteiger partial charge in [-0.25, -0.2) is 8.78 Å². The summed E-state index contributed by atoms with van der Waals surface area (Å²) in [6.07, 6.45) is 3.12. The zero-order chi connectivity index (χ0) is 15.0. The molecule has 0 amide bonds. The predicted molar refractivity (Wildman–Crippen MR) is 82.9 cm³/mol. The number of rotatable bonds is 3. The second kappa shape index (κ2) is 5.85. The van der Waals surface area contributed by atoms with Crippen molar-refractivity contribution in [3.8, 4) is 0 Å². The number of nitrogens with one attached hydrogen (secondary N) is 1. The minimum atomic E-state index is -0.459. The Morgan fingerprint density at radius 1 is 1.29 bits per heavy atom. The van der Waals surface area contributed by atoms with E-state index < -0.39 is 11.6 Å². The summed E-state index contributed by atoms with van der Waals surface area (Å²) >= 11 is 1.75. The molecule has 0 radical (unpaired) electrons. The zero-order valence-corrected chi connectivity index (χ0v) is 13.1. The van der Waals surface area contributed by atoms with E-state index in [9.17, 15) is 8.78 Å². The van der Waals surface area contributed by atoms with E-state index in [1.54, 1.807) is 25.3 Å². The molecule has 1 aliphatic carbocycles. The fraction of sp³-hybridized carbons (Fsp3) is 0.412. The van der Waals surface area contributed by atoms with Gasteiger partial charge in [-0.1, -0.05) is 6.07 Å². The normalized spacial score (nSPS) is 19.3.